The van der Waals surface area contributed by atoms with Crippen molar-refractivity contribution in [2.45, 2.75) is 20.3 Å². The van der Waals surface area contributed by atoms with Gasteiger partial charge in [0, 0.05) is 0 Å². The van der Waals surface area contributed by atoms with Gasteiger partial charge < -0.3 is 10.1 Å². The Balaban J connectivity index is 2.14. The molecule has 0 aliphatic heterocycles. The Morgan fingerprint density at radius 1 is 1.05 bits per heavy atom. The summed E-state index contributed by atoms with van der Waals surface area (Å²) in [5.74, 6) is 0.707. The molecule has 1 amide bonds. The first kappa shape index (κ1) is 14.8. The van der Waals surface area contributed by atoms with Gasteiger partial charge in [-0.2, -0.15) is 0 Å². The minimum Gasteiger partial charge on any atom is -0.455 e. The van der Waals surface area contributed by atoms with Crippen LogP contribution in [0.2, 0.25) is 0 Å². The molecule has 0 spiro atoms. The van der Waals surface area contributed by atoms with E-state index in [1.54, 1.807) is 18.2 Å². The molecule has 4 nitrogen and oxygen atoms in total. The van der Waals surface area contributed by atoms with E-state index in [2.05, 4.69) is 5.32 Å². The molecule has 0 aliphatic rings. The van der Waals surface area contributed by atoms with Crippen LogP contribution >= 0.6 is 0 Å². The Bertz CT molecular complexity index is 647. The van der Waals surface area contributed by atoms with Gasteiger partial charge >= 0.3 is 0 Å². The summed E-state index contributed by atoms with van der Waals surface area (Å²) in [5.41, 5.74) is 1.69. The van der Waals surface area contributed by atoms with Crippen LogP contribution in [0.15, 0.2) is 48.5 Å². The van der Waals surface area contributed by atoms with E-state index in [-0.39, 0.29) is 18.1 Å². The Kier molecular flexibility index (Phi) is 4.72. The van der Waals surface area contributed by atoms with Crippen molar-refractivity contribution in [2.75, 3.05) is 5.32 Å². The van der Waals surface area contributed by atoms with E-state index in [0.29, 0.717) is 17.2 Å². The first-order valence-electron chi connectivity index (χ1n) is 6.67. The van der Waals surface area contributed by atoms with Gasteiger partial charge in [0.15, 0.2) is 5.75 Å². The number of ether oxygens (including phenoxy) is 1. The van der Waals surface area contributed by atoms with E-state index in [9.17, 15) is 9.59 Å². The maximum atomic E-state index is 11.7. The van der Waals surface area contributed by atoms with E-state index in [1.165, 1.54) is 6.92 Å². The first-order chi connectivity index (χ1) is 10.0. The minimum absolute atomic E-state index is 0.140. The zero-order valence-corrected chi connectivity index (χ0v) is 12.1. The molecule has 2 aromatic carbocycles. The Labute approximate surface area is 123 Å². The number of anilines is 1. The first-order valence-corrected chi connectivity index (χ1v) is 6.67. The van der Waals surface area contributed by atoms with E-state index >= 15 is 0 Å². The summed E-state index contributed by atoms with van der Waals surface area (Å²) in [6, 6.07) is 14.8. The number of nitrogens with one attached hydrogen (secondary N) is 1. The van der Waals surface area contributed by atoms with E-state index in [4.69, 9.17) is 4.74 Å². The largest absolute Gasteiger partial charge is 0.455 e. The Hall–Kier alpha value is -2.62. The number of para-hydroxylation sites is 2. The molecule has 0 fully saturated rings. The number of amides is 1. The van der Waals surface area contributed by atoms with Gasteiger partial charge in [-0.15, -0.1) is 0 Å². The van der Waals surface area contributed by atoms with Crippen molar-refractivity contribution in [3.63, 3.8) is 0 Å². The SMILES string of the molecule is CC(=O)CC(=O)Nc1ccccc1Oc1ccc(C)cc1. The zero-order chi connectivity index (χ0) is 15.2. The number of carbonyl (C=O) groups excluding carboxylic acids is 2. The summed E-state index contributed by atoms with van der Waals surface area (Å²) >= 11 is 0. The van der Waals surface area contributed by atoms with Gasteiger partial charge in [-0.25, -0.2) is 0 Å². The predicted molar refractivity (Wildman–Crippen MR) is 81.6 cm³/mol. The number of carbonyl (C=O) groups is 2. The molecule has 0 aliphatic carbocycles. The lowest BCUT2D eigenvalue weighted by Gasteiger charge is -2.12. The lowest BCUT2D eigenvalue weighted by atomic mass is 10.2. The highest BCUT2D eigenvalue weighted by Gasteiger charge is 2.10. The maximum Gasteiger partial charge on any atom is 0.231 e. The van der Waals surface area contributed by atoms with Crippen molar-refractivity contribution in [3.05, 3.63) is 54.1 Å². The summed E-state index contributed by atoms with van der Waals surface area (Å²) in [5, 5.41) is 2.69. The van der Waals surface area contributed by atoms with Crippen molar-refractivity contribution >= 4 is 17.4 Å². The molecule has 0 unspecified atom stereocenters. The second-order valence-corrected chi connectivity index (χ2v) is 4.84. The molecule has 2 rings (SSSR count). The Morgan fingerprint density at radius 2 is 1.71 bits per heavy atom. The van der Waals surface area contributed by atoms with Crippen LogP contribution in [-0.2, 0) is 9.59 Å². The monoisotopic (exact) mass is 283 g/mol. The second-order valence-electron chi connectivity index (χ2n) is 4.84. The minimum atomic E-state index is -0.345. The smallest absolute Gasteiger partial charge is 0.231 e. The van der Waals surface area contributed by atoms with Crippen LogP contribution in [0.3, 0.4) is 0 Å². The number of hydrogen-bond donors (Lipinski definition) is 1. The van der Waals surface area contributed by atoms with Crippen LogP contribution in [0.4, 0.5) is 5.69 Å². The predicted octanol–water partition coefficient (Wildman–Crippen LogP) is 3.70. The molecule has 1 N–H and O–H groups in total. The molecule has 0 atom stereocenters. The maximum absolute atomic E-state index is 11.7. The normalized spacial score (nSPS) is 10.0. The van der Waals surface area contributed by atoms with Crippen LogP contribution in [0.25, 0.3) is 0 Å². The van der Waals surface area contributed by atoms with Crippen molar-refractivity contribution < 1.29 is 14.3 Å². The van der Waals surface area contributed by atoms with Gasteiger partial charge in [-0.3, -0.25) is 9.59 Å². The van der Waals surface area contributed by atoms with Crippen LogP contribution in [0, 0.1) is 6.92 Å². The number of ketones is 1. The van der Waals surface area contributed by atoms with Gasteiger partial charge in [0.25, 0.3) is 0 Å². The average molecular weight is 283 g/mol. The summed E-state index contributed by atoms with van der Waals surface area (Å²) in [7, 11) is 0. The summed E-state index contributed by atoms with van der Waals surface area (Å²) < 4.78 is 5.77. The lowest BCUT2D eigenvalue weighted by molar-refractivity contribution is -0.124. The van der Waals surface area contributed by atoms with Crippen molar-refractivity contribution in [3.8, 4) is 11.5 Å². The standard InChI is InChI=1S/C17H17NO3/c1-12-7-9-14(10-8-12)21-16-6-4-3-5-15(16)18-17(20)11-13(2)19/h3-10H,11H2,1-2H3,(H,18,20). The van der Waals surface area contributed by atoms with Crippen molar-refractivity contribution in [2.24, 2.45) is 0 Å². The quantitative estimate of drug-likeness (QED) is 0.851. The third-order valence-corrected chi connectivity index (χ3v) is 2.82. The van der Waals surface area contributed by atoms with Gasteiger partial charge in [0.2, 0.25) is 5.91 Å². The third kappa shape index (κ3) is 4.45. The van der Waals surface area contributed by atoms with E-state index in [0.717, 1.165) is 5.56 Å². The fourth-order valence-corrected chi connectivity index (χ4v) is 1.81. The molecule has 0 heterocycles. The topological polar surface area (TPSA) is 55.4 Å². The average Bonchev–Trinajstić information content (AvgIpc) is 2.42. The Morgan fingerprint density at radius 3 is 2.38 bits per heavy atom. The third-order valence-electron chi connectivity index (χ3n) is 2.82. The molecule has 0 bridgehead atoms. The summed E-state index contributed by atoms with van der Waals surface area (Å²) in [6.07, 6.45) is -0.140. The van der Waals surface area contributed by atoms with Gasteiger partial charge in [-0.1, -0.05) is 29.8 Å². The van der Waals surface area contributed by atoms with Gasteiger partial charge in [-0.05, 0) is 38.1 Å². The molecule has 0 saturated carbocycles. The van der Waals surface area contributed by atoms with Crippen LogP contribution in [0.1, 0.15) is 18.9 Å². The highest BCUT2D eigenvalue weighted by atomic mass is 16.5. The highest BCUT2D eigenvalue weighted by Crippen LogP contribution is 2.29. The molecule has 21 heavy (non-hydrogen) atoms. The zero-order valence-electron chi connectivity index (χ0n) is 12.1. The fourth-order valence-electron chi connectivity index (χ4n) is 1.81. The fraction of sp³-hybridized carbons (Fsp3) is 0.176. The molecule has 0 radical (unpaired) electrons. The van der Waals surface area contributed by atoms with E-state index < -0.39 is 0 Å². The number of aryl methyl sites for hydroxylation is 1. The summed E-state index contributed by atoms with van der Waals surface area (Å²) in [4.78, 5) is 22.6. The number of Topliss-reactive ketones (excluding diaryl/α,β-unsaturated/α-hetero) is 1. The van der Waals surface area contributed by atoms with Crippen molar-refractivity contribution in [1.29, 1.82) is 0 Å². The van der Waals surface area contributed by atoms with Crippen LogP contribution < -0.4 is 10.1 Å². The lowest BCUT2D eigenvalue weighted by Crippen LogP contribution is -2.15. The second kappa shape index (κ2) is 6.70. The van der Waals surface area contributed by atoms with Gasteiger partial charge in [0.1, 0.15) is 11.5 Å². The highest BCUT2D eigenvalue weighted by molar-refractivity contribution is 6.04. The molecular weight excluding hydrogens is 266 g/mol. The molecule has 0 saturated heterocycles. The molecule has 108 valence electrons. The molecule has 0 aromatic heterocycles. The molecule has 4 heteroatoms. The summed E-state index contributed by atoms with van der Waals surface area (Å²) in [6.45, 7) is 3.38. The van der Waals surface area contributed by atoms with Crippen LogP contribution in [0.5, 0.6) is 11.5 Å². The number of benzene rings is 2. The molecule has 2 aromatic rings. The number of rotatable bonds is 5. The van der Waals surface area contributed by atoms with E-state index in [1.807, 2.05) is 37.3 Å². The number of hydrogen-bond acceptors (Lipinski definition) is 3. The molecular formula is C17H17NO3. The van der Waals surface area contributed by atoms with Gasteiger partial charge in [0.05, 0.1) is 12.1 Å². The van der Waals surface area contributed by atoms with Crippen molar-refractivity contribution in [1.82, 2.24) is 0 Å². The van der Waals surface area contributed by atoms with Crippen LogP contribution in [-0.4, -0.2) is 11.7 Å².